The molecule has 0 spiro atoms. The maximum atomic E-state index is 9.17. The second kappa shape index (κ2) is 5.66. The smallest absolute Gasteiger partial charge is 0.190 e. The van der Waals surface area contributed by atoms with Crippen LogP contribution in [-0.2, 0) is 6.54 Å². The summed E-state index contributed by atoms with van der Waals surface area (Å²) in [5, 5.41) is 17.3. The number of hydrogen-bond donors (Lipinski definition) is 0. The predicted molar refractivity (Wildman–Crippen MR) is 74.4 cm³/mol. The van der Waals surface area contributed by atoms with Crippen LogP contribution in [0.1, 0.15) is 31.5 Å². The van der Waals surface area contributed by atoms with Crippen molar-refractivity contribution in [3.05, 3.63) is 35.5 Å². The number of nitrogens with zero attached hydrogens (tertiary/aromatic N) is 4. The van der Waals surface area contributed by atoms with Crippen molar-refractivity contribution in [3.8, 4) is 17.3 Å². The van der Waals surface area contributed by atoms with Crippen LogP contribution in [0.5, 0.6) is 0 Å². The molecule has 2 rings (SSSR count). The summed E-state index contributed by atoms with van der Waals surface area (Å²) in [4.78, 5) is 0. The molecule has 4 nitrogen and oxygen atoms in total. The molecular weight excluding hydrogens is 236 g/mol. The minimum absolute atomic E-state index is 0.398. The molecule has 0 N–H and O–H groups in total. The van der Waals surface area contributed by atoms with Crippen molar-refractivity contribution in [3.63, 3.8) is 0 Å². The van der Waals surface area contributed by atoms with E-state index in [1.807, 2.05) is 29.8 Å². The molecule has 0 aliphatic rings. The van der Waals surface area contributed by atoms with Crippen LogP contribution in [0.25, 0.3) is 11.3 Å². The van der Waals surface area contributed by atoms with E-state index in [0.717, 1.165) is 29.8 Å². The first kappa shape index (κ1) is 13.3. The van der Waals surface area contributed by atoms with Crippen LogP contribution in [0.15, 0.2) is 24.3 Å². The standard InChI is InChI=1S/C15H18N4/c1-11(2)7-8-19-15(14(10-16)17-18-19)13-6-4-5-12(3)9-13/h4-6,9,11H,7-8H2,1-3H3. The fourth-order valence-corrected chi connectivity index (χ4v) is 2.00. The molecule has 0 unspecified atom stereocenters. The Bertz CT molecular complexity index is 605. The molecule has 0 amide bonds. The van der Waals surface area contributed by atoms with E-state index in [2.05, 4.69) is 36.3 Å². The van der Waals surface area contributed by atoms with Gasteiger partial charge in [-0.3, -0.25) is 0 Å². The Kier molecular flexibility index (Phi) is 3.96. The van der Waals surface area contributed by atoms with Crippen molar-refractivity contribution in [2.24, 2.45) is 5.92 Å². The van der Waals surface area contributed by atoms with Gasteiger partial charge in [0.15, 0.2) is 5.69 Å². The van der Waals surface area contributed by atoms with E-state index in [-0.39, 0.29) is 0 Å². The SMILES string of the molecule is Cc1cccc(-c2c(C#N)nnn2CCC(C)C)c1. The molecule has 19 heavy (non-hydrogen) atoms. The monoisotopic (exact) mass is 254 g/mol. The second-order valence-corrected chi connectivity index (χ2v) is 5.17. The van der Waals surface area contributed by atoms with Gasteiger partial charge in [0.05, 0.1) is 0 Å². The molecule has 0 saturated carbocycles. The number of benzene rings is 1. The van der Waals surface area contributed by atoms with Gasteiger partial charge >= 0.3 is 0 Å². The first-order chi connectivity index (χ1) is 9.11. The third-order valence-corrected chi connectivity index (χ3v) is 3.05. The van der Waals surface area contributed by atoms with Crippen LogP contribution >= 0.6 is 0 Å². The summed E-state index contributed by atoms with van der Waals surface area (Å²) in [7, 11) is 0. The Morgan fingerprint density at radius 2 is 2.16 bits per heavy atom. The van der Waals surface area contributed by atoms with Crippen molar-refractivity contribution in [2.75, 3.05) is 0 Å². The highest BCUT2D eigenvalue weighted by molar-refractivity contribution is 5.65. The highest BCUT2D eigenvalue weighted by atomic mass is 15.4. The van der Waals surface area contributed by atoms with E-state index in [4.69, 9.17) is 0 Å². The van der Waals surface area contributed by atoms with E-state index in [9.17, 15) is 5.26 Å². The number of hydrogen-bond acceptors (Lipinski definition) is 3. The average molecular weight is 254 g/mol. The number of aromatic nitrogens is 3. The van der Waals surface area contributed by atoms with Gasteiger partial charge in [0, 0.05) is 12.1 Å². The minimum Gasteiger partial charge on any atom is -0.243 e. The van der Waals surface area contributed by atoms with Crippen LogP contribution < -0.4 is 0 Å². The lowest BCUT2D eigenvalue weighted by molar-refractivity contribution is 0.481. The molecule has 0 fully saturated rings. The Morgan fingerprint density at radius 1 is 1.37 bits per heavy atom. The minimum atomic E-state index is 0.398. The van der Waals surface area contributed by atoms with Gasteiger partial charge in [0.25, 0.3) is 0 Å². The molecule has 0 aliphatic carbocycles. The van der Waals surface area contributed by atoms with E-state index in [1.165, 1.54) is 0 Å². The van der Waals surface area contributed by atoms with Gasteiger partial charge in [-0.25, -0.2) is 4.68 Å². The lowest BCUT2D eigenvalue weighted by Crippen LogP contribution is -2.05. The second-order valence-electron chi connectivity index (χ2n) is 5.17. The van der Waals surface area contributed by atoms with Gasteiger partial charge < -0.3 is 0 Å². The zero-order chi connectivity index (χ0) is 13.8. The highest BCUT2D eigenvalue weighted by Crippen LogP contribution is 2.23. The van der Waals surface area contributed by atoms with Gasteiger partial charge in [0.1, 0.15) is 11.8 Å². The van der Waals surface area contributed by atoms with Crippen LogP contribution in [0, 0.1) is 24.2 Å². The summed E-state index contributed by atoms with van der Waals surface area (Å²) in [5.41, 5.74) is 3.39. The molecule has 1 aromatic carbocycles. The Labute approximate surface area is 113 Å². The van der Waals surface area contributed by atoms with Crippen molar-refractivity contribution in [2.45, 2.75) is 33.7 Å². The number of rotatable bonds is 4. The Morgan fingerprint density at radius 3 is 2.79 bits per heavy atom. The Hall–Kier alpha value is -2.15. The van der Waals surface area contributed by atoms with E-state index < -0.39 is 0 Å². The zero-order valence-corrected chi connectivity index (χ0v) is 11.6. The van der Waals surface area contributed by atoms with Crippen molar-refractivity contribution < 1.29 is 0 Å². The van der Waals surface area contributed by atoms with Gasteiger partial charge in [-0.15, -0.1) is 5.10 Å². The van der Waals surface area contributed by atoms with Crippen LogP contribution in [0.4, 0.5) is 0 Å². The van der Waals surface area contributed by atoms with Gasteiger partial charge in [-0.1, -0.05) is 42.8 Å². The fraction of sp³-hybridized carbons (Fsp3) is 0.400. The molecule has 0 radical (unpaired) electrons. The quantitative estimate of drug-likeness (QED) is 0.842. The fourth-order valence-electron chi connectivity index (χ4n) is 2.00. The molecule has 2 aromatic rings. The molecule has 1 heterocycles. The third kappa shape index (κ3) is 3.00. The summed E-state index contributed by atoms with van der Waals surface area (Å²) < 4.78 is 1.84. The zero-order valence-electron chi connectivity index (χ0n) is 11.6. The lowest BCUT2D eigenvalue weighted by Gasteiger charge is -2.09. The van der Waals surface area contributed by atoms with Crippen LogP contribution in [0.2, 0.25) is 0 Å². The molecule has 4 heteroatoms. The van der Waals surface area contributed by atoms with E-state index >= 15 is 0 Å². The normalized spacial score (nSPS) is 10.7. The molecular formula is C15H18N4. The summed E-state index contributed by atoms with van der Waals surface area (Å²) in [6.45, 7) is 7.18. The largest absolute Gasteiger partial charge is 0.243 e. The molecule has 0 aliphatic heterocycles. The number of nitriles is 1. The third-order valence-electron chi connectivity index (χ3n) is 3.05. The molecule has 0 bridgehead atoms. The maximum absolute atomic E-state index is 9.17. The van der Waals surface area contributed by atoms with E-state index in [1.54, 1.807) is 0 Å². The highest BCUT2D eigenvalue weighted by Gasteiger charge is 2.14. The van der Waals surface area contributed by atoms with Crippen molar-refractivity contribution >= 4 is 0 Å². The molecule has 0 atom stereocenters. The Balaban J connectivity index is 2.42. The van der Waals surface area contributed by atoms with Gasteiger partial charge in [-0.05, 0) is 25.3 Å². The van der Waals surface area contributed by atoms with Crippen molar-refractivity contribution in [1.82, 2.24) is 15.0 Å². The number of aryl methyl sites for hydroxylation is 2. The predicted octanol–water partition coefficient (Wildman–Crippen LogP) is 3.17. The lowest BCUT2D eigenvalue weighted by atomic mass is 10.1. The van der Waals surface area contributed by atoms with E-state index in [0.29, 0.717) is 11.6 Å². The molecule has 1 aromatic heterocycles. The molecule has 98 valence electrons. The summed E-state index contributed by atoms with van der Waals surface area (Å²) >= 11 is 0. The van der Waals surface area contributed by atoms with Gasteiger partial charge in [-0.2, -0.15) is 5.26 Å². The summed E-state index contributed by atoms with van der Waals surface area (Å²) in [5.74, 6) is 0.597. The van der Waals surface area contributed by atoms with Gasteiger partial charge in [0.2, 0.25) is 0 Å². The van der Waals surface area contributed by atoms with Crippen molar-refractivity contribution in [1.29, 1.82) is 5.26 Å². The summed E-state index contributed by atoms with van der Waals surface area (Å²) in [6.07, 6.45) is 1.02. The molecule has 0 saturated heterocycles. The topological polar surface area (TPSA) is 54.5 Å². The van der Waals surface area contributed by atoms with Crippen LogP contribution in [0.3, 0.4) is 0 Å². The average Bonchev–Trinajstić information content (AvgIpc) is 2.79. The first-order valence-electron chi connectivity index (χ1n) is 6.52. The first-order valence-corrected chi connectivity index (χ1v) is 6.52. The maximum Gasteiger partial charge on any atom is 0.190 e. The summed E-state index contributed by atoms with van der Waals surface area (Å²) in [6, 6.07) is 10.2. The van der Waals surface area contributed by atoms with Crippen LogP contribution in [-0.4, -0.2) is 15.0 Å².